The fourth-order valence-corrected chi connectivity index (χ4v) is 2.39. The van der Waals surface area contributed by atoms with Gasteiger partial charge in [-0.05, 0) is 25.3 Å². The molecule has 0 aromatic carbocycles. The molecule has 0 aliphatic heterocycles. The minimum absolute atomic E-state index is 0.0637. The van der Waals surface area contributed by atoms with Gasteiger partial charge in [0.1, 0.15) is 0 Å². The molecule has 0 bridgehead atoms. The highest BCUT2D eigenvalue weighted by atomic mass is 16.5. The first-order valence-corrected chi connectivity index (χ1v) is 8.71. The Morgan fingerprint density at radius 2 is 2.00 bits per heavy atom. The van der Waals surface area contributed by atoms with Gasteiger partial charge in [0.25, 0.3) is 0 Å². The maximum atomic E-state index is 12.1. The van der Waals surface area contributed by atoms with E-state index in [4.69, 9.17) is 4.42 Å². The molecule has 2 N–H and O–H groups in total. The van der Waals surface area contributed by atoms with Gasteiger partial charge < -0.3 is 19.4 Å². The number of ketones is 1. The SMILES string of the molecule is CCCCCC(=O)c1occc1/C=C/[C@@H](O)[C@@H](O)CCCC(=O)OC. The number of aliphatic hydroxyl groups is 2. The highest BCUT2D eigenvalue weighted by Gasteiger charge is 2.16. The second kappa shape index (κ2) is 11.6. The summed E-state index contributed by atoms with van der Waals surface area (Å²) in [6, 6.07) is 1.65. The number of aliphatic hydroxyl groups excluding tert-OH is 2. The lowest BCUT2D eigenvalue weighted by Gasteiger charge is -2.13. The van der Waals surface area contributed by atoms with Gasteiger partial charge in [-0.3, -0.25) is 9.59 Å². The van der Waals surface area contributed by atoms with Crippen LogP contribution in [0, 0.1) is 0 Å². The summed E-state index contributed by atoms with van der Waals surface area (Å²) in [6.07, 6.45) is 6.54. The molecule has 1 aromatic rings. The molecule has 0 unspecified atom stereocenters. The van der Waals surface area contributed by atoms with Crippen LogP contribution in [0.1, 0.15) is 68.0 Å². The van der Waals surface area contributed by atoms with Crippen LogP contribution >= 0.6 is 0 Å². The van der Waals surface area contributed by atoms with E-state index in [0.717, 1.165) is 19.3 Å². The van der Waals surface area contributed by atoms with Crippen LogP contribution in [-0.4, -0.2) is 41.3 Å². The van der Waals surface area contributed by atoms with Crippen molar-refractivity contribution in [2.24, 2.45) is 0 Å². The third-order valence-corrected chi connectivity index (χ3v) is 3.93. The molecule has 0 aliphatic carbocycles. The summed E-state index contributed by atoms with van der Waals surface area (Å²) >= 11 is 0. The molecule has 0 radical (unpaired) electrons. The number of esters is 1. The number of furan rings is 1. The first-order valence-electron chi connectivity index (χ1n) is 8.71. The molecule has 0 saturated heterocycles. The van der Waals surface area contributed by atoms with Gasteiger partial charge in [0, 0.05) is 18.4 Å². The van der Waals surface area contributed by atoms with Gasteiger partial charge in [-0.2, -0.15) is 0 Å². The van der Waals surface area contributed by atoms with Crippen LogP contribution in [0.5, 0.6) is 0 Å². The zero-order valence-electron chi connectivity index (χ0n) is 14.9. The maximum absolute atomic E-state index is 12.1. The average Bonchev–Trinajstić information content (AvgIpc) is 3.08. The molecule has 1 aromatic heterocycles. The van der Waals surface area contributed by atoms with E-state index in [1.165, 1.54) is 19.4 Å². The summed E-state index contributed by atoms with van der Waals surface area (Å²) in [4.78, 5) is 23.1. The summed E-state index contributed by atoms with van der Waals surface area (Å²) in [6.45, 7) is 2.07. The third-order valence-electron chi connectivity index (χ3n) is 3.93. The number of methoxy groups -OCH3 is 1. The Kier molecular flexibility index (Phi) is 9.80. The lowest BCUT2D eigenvalue weighted by molar-refractivity contribution is -0.140. The predicted octanol–water partition coefficient (Wildman–Crippen LogP) is 3.12. The molecular weight excluding hydrogens is 324 g/mol. The number of carbonyl (C=O) groups excluding carboxylic acids is 2. The van der Waals surface area contributed by atoms with Crippen molar-refractivity contribution in [2.45, 2.75) is 64.1 Å². The molecule has 0 saturated carbocycles. The van der Waals surface area contributed by atoms with Gasteiger partial charge >= 0.3 is 5.97 Å². The molecule has 1 rings (SSSR count). The summed E-state index contributed by atoms with van der Waals surface area (Å²) in [5, 5.41) is 19.9. The smallest absolute Gasteiger partial charge is 0.305 e. The minimum atomic E-state index is -1.09. The zero-order valence-corrected chi connectivity index (χ0v) is 14.9. The molecule has 0 amide bonds. The molecule has 0 aliphatic rings. The molecule has 25 heavy (non-hydrogen) atoms. The second-order valence-corrected chi connectivity index (χ2v) is 5.97. The number of unbranched alkanes of at least 4 members (excludes halogenated alkanes) is 2. The number of rotatable bonds is 12. The van der Waals surface area contributed by atoms with Crippen molar-refractivity contribution in [1.29, 1.82) is 0 Å². The Labute approximate surface area is 148 Å². The molecule has 0 spiro atoms. The predicted molar refractivity (Wildman–Crippen MR) is 94.1 cm³/mol. The molecule has 140 valence electrons. The van der Waals surface area contributed by atoms with Crippen molar-refractivity contribution >= 4 is 17.8 Å². The van der Waals surface area contributed by atoms with Crippen molar-refractivity contribution in [3.05, 3.63) is 29.7 Å². The topological polar surface area (TPSA) is 97.0 Å². The van der Waals surface area contributed by atoms with E-state index in [-0.39, 0.29) is 30.4 Å². The summed E-state index contributed by atoms with van der Waals surface area (Å²) in [7, 11) is 1.31. The molecular formula is C19H28O6. The Morgan fingerprint density at radius 3 is 2.68 bits per heavy atom. The number of hydrogen-bond acceptors (Lipinski definition) is 6. The van der Waals surface area contributed by atoms with E-state index < -0.39 is 12.2 Å². The molecule has 2 atom stereocenters. The highest BCUT2D eigenvalue weighted by Crippen LogP contribution is 2.17. The summed E-state index contributed by atoms with van der Waals surface area (Å²) in [5.41, 5.74) is 0.585. The van der Waals surface area contributed by atoms with Crippen LogP contribution in [0.3, 0.4) is 0 Å². The second-order valence-electron chi connectivity index (χ2n) is 5.97. The van der Waals surface area contributed by atoms with Crippen LogP contribution in [0.15, 0.2) is 22.8 Å². The van der Waals surface area contributed by atoms with Crippen LogP contribution in [0.25, 0.3) is 6.08 Å². The van der Waals surface area contributed by atoms with E-state index in [2.05, 4.69) is 11.7 Å². The number of Topliss-reactive ketones (excluding diaryl/α,β-unsaturated/α-hetero) is 1. The van der Waals surface area contributed by atoms with E-state index >= 15 is 0 Å². The number of carbonyl (C=O) groups is 2. The van der Waals surface area contributed by atoms with Crippen LogP contribution in [0.2, 0.25) is 0 Å². The van der Waals surface area contributed by atoms with E-state index in [1.807, 2.05) is 0 Å². The lowest BCUT2D eigenvalue weighted by Crippen LogP contribution is -2.23. The minimum Gasteiger partial charge on any atom is -0.469 e. The van der Waals surface area contributed by atoms with Gasteiger partial charge in [-0.25, -0.2) is 0 Å². The Bertz CT molecular complexity index is 560. The highest BCUT2D eigenvalue weighted by molar-refractivity contribution is 5.96. The van der Waals surface area contributed by atoms with Gasteiger partial charge in [0.2, 0.25) is 0 Å². The Balaban J connectivity index is 2.53. The Hall–Kier alpha value is -1.92. The standard InChI is InChI=1S/C19H28O6/c1-3-4-5-7-17(22)19-14(12-13-25-19)10-11-16(21)15(20)8-6-9-18(23)24-2/h10-13,15-16,20-21H,3-9H2,1-2H3/b11-10+/t15-,16+/m0/s1. The fourth-order valence-electron chi connectivity index (χ4n) is 2.39. The number of ether oxygens (including phenoxy) is 1. The van der Waals surface area contributed by atoms with E-state index in [0.29, 0.717) is 18.4 Å². The third kappa shape index (κ3) is 7.67. The average molecular weight is 352 g/mol. The van der Waals surface area contributed by atoms with Crippen molar-refractivity contribution in [3.63, 3.8) is 0 Å². The fraction of sp³-hybridized carbons (Fsp3) is 0.579. The van der Waals surface area contributed by atoms with Crippen LogP contribution in [0.4, 0.5) is 0 Å². The Morgan fingerprint density at radius 1 is 1.24 bits per heavy atom. The van der Waals surface area contributed by atoms with Gasteiger partial charge in [0.05, 0.1) is 25.6 Å². The lowest BCUT2D eigenvalue weighted by atomic mass is 10.0. The van der Waals surface area contributed by atoms with Crippen molar-refractivity contribution in [2.75, 3.05) is 7.11 Å². The summed E-state index contributed by atoms with van der Waals surface area (Å²) < 4.78 is 9.78. The van der Waals surface area contributed by atoms with E-state index in [9.17, 15) is 19.8 Å². The maximum Gasteiger partial charge on any atom is 0.305 e. The van der Waals surface area contributed by atoms with Crippen molar-refractivity contribution in [1.82, 2.24) is 0 Å². The summed E-state index contributed by atoms with van der Waals surface area (Å²) in [5.74, 6) is -0.132. The van der Waals surface area contributed by atoms with Gasteiger partial charge in [-0.15, -0.1) is 0 Å². The monoisotopic (exact) mass is 352 g/mol. The van der Waals surface area contributed by atoms with Crippen LogP contribution in [-0.2, 0) is 9.53 Å². The number of hydrogen-bond donors (Lipinski definition) is 2. The largest absolute Gasteiger partial charge is 0.469 e. The first-order chi connectivity index (χ1) is 12.0. The molecule has 6 heteroatoms. The van der Waals surface area contributed by atoms with Gasteiger partial charge in [0.15, 0.2) is 11.5 Å². The molecule has 6 nitrogen and oxygen atoms in total. The quantitative estimate of drug-likeness (QED) is 0.341. The normalized spacial score (nSPS) is 13.8. The van der Waals surface area contributed by atoms with E-state index in [1.54, 1.807) is 12.1 Å². The molecule has 0 fully saturated rings. The molecule has 1 heterocycles. The van der Waals surface area contributed by atoms with Gasteiger partial charge in [-0.1, -0.05) is 31.9 Å². The van der Waals surface area contributed by atoms with Crippen LogP contribution < -0.4 is 0 Å². The van der Waals surface area contributed by atoms with Crippen molar-refractivity contribution < 1.29 is 29.0 Å². The zero-order chi connectivity index (χ0) is 18.7. The van der Waals surface area contributed by atoms with Crippen molar-refractivity contribution in [3.8, 4) is 0 Å². The first kappa shape index (κ1) is 21.1.